The Morgan fingerprint density at radius 1 is 0.896 bits per heavy atom. The van der Waals surface area contributed by atoms with Crippen molar-refractivity contribution < 1.29 is 27.8 Å². The van der Waals surface area contributed by atoms with Crippen LogP contribution in [0, 0.1) is 24.6 Å². The molecule has 0 bridgehead atoms. The molecule has 5 aromatic carbocycles. The number of hydrogen-bond donors (Lipinski definition) is 1. The highest BCUT2D eigenvalue weighted by molar-refractivity contribution is 7.39. The van der Waals surface area contributed by atoms with E-state index in [1.54, 1.807) is 12.1 Å². The van der Waals surface area contributed by atoms with Crippen molar-refractivity contribution in [1.29, 1.82) is 0 Å². The summed E-state index contributed by atoms with van der Waals surface area (Å²) in [5, 5.41) is 13.5. The minimum atomic E-state index is -3.10. The summed E-state index contributed by atoms with van der Waals surface area (Å²) in [6, 6.07) is 36.2. The van der Waals surface area contributed by atoms with E-state index in [0.717, 1.165) is 43.4 Å². The summed E-state index contributed by atoms with van der Waals surface area (Å²) < 4.78 is 39.9. The predicted molar refractivity (Wildman–Crippen MR) is 194 cm³/mol. The molecule has 5 aromatic rings. The fraction of sp³-hybridized carbons (Fsp3) is 0.225. The van der Waals surface area contributed by atoms with Gasteiger partial charge >= 0.3 is 14.0 Å². The zero-order valence-corrected chi connectivity index (χ0v) is 29.5. The van der Waals surface area contributed by atoms with E-state index in [2.05, 4.69) is 38.7 Å². The molecule has 244 valence electrons. The number of halogens is 1. The molecule has 0 saturated heterocycles. The van der Waals surface area contributed by atoms with E-state index in [9.17, 15) is 18.9 Å². The summed E-state index contributed by atoms with van der Waals surface area (Å²) in [6.07, 6.45) is -1.28. The maximum atomic E-state index is 13.8. The van der Waals surface area contributed by atoms with Crippen LogP contribution in [0.3, 0.4) is 0 Å². The minimum Gasteiger partial charge on any atom is -0.481 e. The Kier molecular flexibility index (Phi) is 11.0. The van der Waals surface area contributed by atoms with Gasteiger partial charge in [-0.3, -0.25) is 4.79 Å². The molecule has 1 N–H and O–H groups in total. The molecule has 5 nitrogen and oxygen atoms in total. The highest BCUT2D eigenvalue weighted by Crippen LogP contribution is 2.39. The van der Waals surface area contributed by atoms with E-state index in [0.29, 0.717) is 0 Å². The van der Waals surface area contributed by atoms with Gasteiger partial charge in [0.1, 0.15) is 11.9 Å². The van der Waals surface area contributed by atoms with Crippen LogP contribution in [0.4, 0.5) is 4.39 Å². The third kappa shape index (κ3) is 7.81. The first-order chi connectivity index (χ1) is 23.0. The molecule has 0 aromatic heterocycles. The molecular weight excluding hydrogens is 638 g/mol. The van der Waals surface area contributed by atoms with E-state index in [-0.39, 0.29) is 30.0 Å². The van der Waals surface area contributed by atoms with E-state index in [1.807, 2.05) is 91.9 Å². The standard InChI is InChI=1S/C40H38FO5PSi/c1-29-26-31-14-11-12-19-37(31)39(30-21-23-32(41)24-22-30)36(29)20-13-25-45-47(44)28-33(27-38(42)43)46-48(40(2,3)4,34-15-7-5-8-16-34)35-17-9-6-10-18-35/h5-12,14-19,21-24,26,33H,25,27-28H2,1-4H3/p+1/t33-/m0/s1. The summed E-state index contributed by atoms with van der Waals surface area (Å²) in [4.78, 5) is 12.1. The summed E-state index contributed by atoms with van der Waals surface area (Å²) in [5.74, 6) is 4.87. The monoisotopic (exact) mass is 677 g/mol. The molecule has 0 fully saturated rings. The highest BCUT2D eigenvalue weighted by atomic mass is 31.1. The van der Waals surface area contributed by atoms with Gasteiger partial charge in [0.25, 0.3) is 8.32 Å². The number of carboxylic acid groups (broad SMARTS) is 1. The van der Waals surface area contributed by atoms with Crippen LogP contribution < -0.4 is 10.4 Å². The van der Waals surface area contributed by atoms with Crippen LogP contribution >= 0.6 is 8.03 Å². The molecule has 0 saturated carbocycles. The Labute approximate surface area is 283 Å². The van der Waals surface area contributed by atoms with Crippen LogP contribution in [0.25, 0.3) is 21.9 Å². The van der Waals surface area contributed by atoms with Crippen LogP contribution in [0.5, 0.6) is 0 Å². The van der Waals surface area contributed by atoms with Crippen molar-refractivity contribution in [2.45, 2.75) is 45.3 Å². The number of fused-ring (bicyclic) bond motifs is 1. The van der Waals surface area contributed by atoms with Crippen LogP contribution in [-0.2, 0) is 18.3 Å². The largest absolute Gasteiger partial charge is 0.511 e. The number of rotatable bonds is 11. The van der Waals surface area contributed by atoms with Crippen molar-refractivity contribution in [2.75, 3.05) is 12.8 Å². The van der Waals surface area contributed by atoms with Gasteiger partial charge in [0, 0.05) is 11.1 Å². The molecule has 0 amide bonds. The second kappa shape index (κ2) is 15.2. The number of aryl methyl sites for hydroxylation is 1. The Hall–Kier alpha value is -4.44. The normalized spacial score (nSPS) is 12.6. The summed E-state index contributed by atoms with van der Waals surface area (Å²) >= 11 is 0. The number of carboxylic acids is 1. The Balaban J connectivity index is 1.41. The first-order valence-corrected chi connectivity index (χ1v) is 19.1. The van der Waals surface area contributed by atoms with Gasteiger partial charge in [-0.15, -0.1) is 4.52 Å². The summed E-state index contributed by atoms with van der Waals surface area (Å²) in [6.45, 7) is 8.18. The van der Waals surface area contributed by atoms with Gasteiger partial charge in [-0.1, -0.05) is 136 Å². The molecule has 0 radical (unpaired) electrons. The van der Waals surface area contributed by atoms with Gasteiger partial charge in [-0.05, 0) is 60.9 Å². The molecular formula is C40H39FO5PSi+. The summed E-state index contributed by atoms with van der Waals surface area (Å²) in [7, 11) is -5.41. The van der Waals surface area contributed by atoms with E-state index in [1.165, 1.54) is 12.1 Å². The topological polar surface area (TPSA) is 72.8 Å². The quantitative estimate of drug-likeness (QED) is 0.0863. The lowest BCUT2D eigenvalue weighted by atomic mass is 9.90. The lowest BCUT2D eigenvalue weighted by Crippen LogP contribution is -2.68. The lowest BCUT2D eigenvalue weighted by Gasteiger charge is -2.44. The minimum absolute atomic E-state index is 0.0936. The van der Waals surface area contributed by atoms with E-state index >= 15 is 0 Å². The van der Waals surface area contributed by atoms with E-state index in [4.69, 9.17) is 8.95 Å². The fourth-order valence-electron chi connectivity index (χ4n) is 6.29. The Bertz CT molecular complexity index is 1920. The molecule has 8 heteroatoms. The molecule has 5 rings (SSSR count). The van der Waals surface area contributed by atoms with Crippen LogP contribution in [0.2, 0.25) is 5.04 Å². The van der Waals surface area contributed by atoms with Gasteiger partial charge in [0.2, 0.25) is 6.16 Å². The molecule has 1 unspecified atom stereocenters. The molecule has 0 heterocycles. The van der Waals surface area contributed by atoms with Gasteiger partial charge in [0.15, 0.2) is 6.61 Å². The predicted octanol–water partition coefficient (Wildman–Crippen LogP) is 8.48. The second-order valence-electron chi connectivity index (χ2n) is 12.8. The van der Waals surface area contributed by atoms with Gasteiger partial charge < -0.3 is 9.53 Å². The lowest BCUT2D eigenvalue weighted by molar-refractivity contribution is -0.138. The van der Waals surface area contributed by atoms with Crippen molar-refractivity contribution in [2.24, 2.45) is 0 Å². The third-order valence-electron chi connectivity index (χ3n) is 8.39. The number of hydrogen-bond acceptors (Lipinski definition) is 4. The van der Waals surface area contributed by atoms with Crippen LogP contribution in [-0.4, -0.2) is 38.3 Å². The van der Waals surface area contributed by atoms with Crippen molar-refractivity contribution in [3.05, 3.63) is 132 Å². The Morgan fingerprint density at radius 3 is 2.06 bits per heavy atom. The molecule has 0 aliphatic heterocycles. The number of aliphatic carboxylic acids is 1. The van der Waals surface area contributed by atoms with Gasteiger partial charge in [0.05, 0.1) is 6.42 Å². The molecule has 48 heavy (non-hydrogen) atoms. The third-order valence-corrected chi connectivity index (χ3v) is 14.6. The SMILES string of the molecule is Cc1cc2ccccc2c(-c2ccc(F)cc2)c1C#CCO[P+](=O)C[C@H](CC(=O)O)O[Si](c1ccccc1)(c1ccccc1)C(C)(C)C. The number of carbonyl (C=O) groups is 1. The van der Waals surface area contributed by atoms with Crippen LogP contribution in [0.1, 0.15) is 38.3 Å². The zero-order valence-electron chi connectivity index (χ0n) is 27.6. The maximum Gasteiger partial charge on any atom is 0.511 e. The molecule has 0 aliphatic carbocycles. The zero-order chi connectivity index (χ0) is 34.3. The van der Waals surface area contributed by atoms with E-state index < -0.39 is 28.4 Å². The van der Waals surface area contributed by atoms with Crippen molar-refractivity contribution in [3.8, 4) is 23.0 Å². The Morgan fingerprint density at radius 2 is 1.48 bits per heavy atom. The number of benzene rings is 5. The van der Waals surface area contributed by atoms with Crippen molar-refractivity contribution in [1.82, 2.24) is 0 Å². The smallest absolute Gasteiger partial charge is 0.481 e. The highest BCUT2D eigenvalue weighted by Gasteiger charge is 2.52. The van der Waals surface area contributed by atoms with Gasteiger partial charge in [-0.25, -0.2) is 4.39 Å². The summed E-state index contributed by atoms with van der Waals surface area (Å²) in [5.41, 5.74) is 3.45. The first-order valence-electron chi connectivity index (χ1n) is 15.8. The molecule has 2 atom stereocenters. The second-order valence-corrected chi connectivity index (χ2v) is 18.3. The molecule has 0 spiro atoms. The van der Waals surface area contributed by atoms with Crippen molar-refractivity contribution in [3.63, 3.8) is 0 Å². The average molecular weight is 678 g/mol. The average Bonchev–Trinajstić information content (AvgIpc) is 3.06. The fourth-order valence-corrected chi connectivity index (χ4v) is 12.0. The first kappa shape index (κ1) is 34.9. The van der Waals surface area contributed by atoms with Gasteiger partial charge in [-0.2, -0.15) is 0 Å². The maximum absolute atomic E-state index is 13.8. The van der Waals surface area contributed by atoms with Crippen molar-refractivity contribution >= 4 is 43.5 Å². The van der Waals surface area contributed by atoms with Crippen LogP contribution in [0.15, 0.2) is 115 Å². The molecule has 0 aliphatic rings.